The molecule has 0 saturated carbocycles. The number of aromatic amines is 1. The summed E-state index contributed by atoms with van der Waals surface area (Å²) >= 11 is 0. The van der Waals surface area contributed by atoms with Crippen LogP contribution in [0.15, 0.2) is 0 Å². The maximum atomic E-state index is 10.5. The van der Waals surface area contributed by atoms with Crippen LogP contribution in [0.25, 0.3) is 0 Å². The Labute approximate surface area is 78.9 Å². The predicted molar refractivity (Wildman–Crippen MR) is 46.2 cm³/mol. The van der Waals surface area contributed by atoms with Crippen LogP contribution in [0.4, 0.5) is 5.82 Å². The fourth-order valence-corrected chi connectivity index (χ4v) is 1.08. The van der Waals surface area contributed by atoms with E-state index in [1.807, 2.05) is 6.92 Å². The molecule has 0 saturated heterocycles. The first-order chi connectivity index (χ1) is 6.56. The number of hydrogen-bond acceptors (Lipinski definition) is 4. The van der Waals surface area contributed by atoms with Gasteiger partial charge in [0.1, 0.15) is 5.69 Å². The minimum absolute atomic E-state index is 0.259. The average Bonchev–Trinajstić information content (AvgIpc) is 2.49. The highest BCUT2D eigenvalue weighted by Gasteiger charge is 2.24. The van der Waals surface area contributed by atoms with Crippen LogP contribution in [-0.4, -0.2) is 26.0 Å². The third-order valence-electron chi connectivity index (χ3n) is 1.63. The second-order valence-electron chi connectivity index (χ2n) is 2.70. The van der Waals surface area contributed by atoms with E-state index in [9.17, 15) is 14.9 Å². The third-order valence-corrected chi connectivity index (χ3v) is 1.63. The van der Waals surface area contributed by atoms with Gasteiger partial charge in [0.25, 0.3) is 0 Å². The zero-order chi connectivity index (χ0) is 10.7. The van der Waals surface area contributed by atoms with Crippen LogP contribution in [0.2, 0.25) is 0 Å². The number of nitro groups is 1. The average molecular weight is 199 g/mol. The number of aromatic nitrogens is 2. The zero-order valence-electron chi connectivity index (χ0n) is 7.48. The van der Waals surface area contributed by atoms with Crippen LogP contribution in [-0.2, 0) is 6.42 Å². The van der Waals surface area contributed by atoms with Gasteiger partial charge < -0.3 is 20.2 Å². The number of aromatic carboxylic acids is 1. The Morgan fingerprint density at radius 1 is 1.71 bits per heavy atom. The number of aryl methyl sites for hydroxylation is 1. The molecule has 0 bridgehead atoms. The van der Waals surface area contributed by atoms with Crippen molar-refractivity contribution in [3.8, 4) is 0 Å². The molecular formula is C7H9N3O4. The maximum Gasteiger partial charge on any atom is 0.398 e. The van der Waals surface area contributed by atoms with Crippen LogP contribution in [0.5, 0.6) is 0 Å². The van der Waals surface area contributed by atoms with Crippen molar-refractivity contribution in [3.63, 3.8) is 0 Å². The van der Waals surface area contributed by atoms with E-state index in [-0.39, 0.29) is 11.5 Å². The molecule has 0 amide bonds. The van der Waals surface area contributed by atoms with Crippen molar-refractivity contribution in [2.45, 2.75) is 19.8 Å². The first-order valence-electron chi connectivity index (χ1n) is 4.02. The van der Waals surface area contributed by atoms with Crippen LogP contribution < -0.4 is 0 Å². The SMILES string of the molecule is CCCc1[nH]c(C(=O)O)nc1[N+](=O)[O-]. The molecule has 1 aromatic rings. The summed E-state index contributed by atoms with van der Waals surface area (Å²) in [5, 5.41) is 19.0. The molecule has 0 radical (unpaired) electrons. The number of carbonyl (C=O) groups is 1. The summed E-state index contributed by atoms with van der Waals surface area (Å²) in [6.45, 7) is 1.84. The summed E-state index contributed by atoms with van der Waals surface area (Å²) in [6, 6.07) is 0. The molecular weight excluding hydrogens is 190 g/mol. The molecule has 2 N–H and O–H groups in total. The van der Waals surface area contributed by atoms with E-state index in [4.69, 9.17) is 5.11 Å². The van der Waals surface area contributed by atoms with Gasteiger partial charge in [0.2, 0.25) is 0 Å². The van der Waals surface area contributed by atoms with Crippen molar-refractivity contribution in [2.24, 2.45) is 0 Å². The van der Waals surface area contributed by atoms with Crippen LogP contribution in [0.3, 0.4) is 0 Å². The number of nitrogens with one attached hydrogen (secondary N) is 1. The molecule has 76 valence electrons. The minimum Gasteiger partial charge on any atom is -0.474 e. The fraction of sp³-hybridized carbons (Fsp3) is 0.429. The molecule has 0 aliphatic carbocycles. The lowest BCUT2D eigenvalue weighted by Gasteiger charge is -1.92. The predicted octanol–water partition coefficient (Wildman–Crippen LogP) is 0.969. The Hall–Kier alpha value is -1.92. The lowest BCUT2D eigenvalue weighted by Crippen LogP contribution is -1.98. The highest BCUT2D eigenvalue weighted by Crippen LogP contribution is 2.16. The highest BCUT2D eigenvalue weighted by atomic mass is 16.6. The number of hydrogen-bond donors (Lipinski definition) is 2. The van der Waals surface area contributed by atoms with Crippen LogP contribution in [0.1, 0.15) is 29.7 Å². The number of rotatable bonds is 4. The van der Waals surface area contributed by atoms with E-state index in [1.165, 1.54) is 0 Å². The van der Waals surface area contributed by atoms with Crippen molar-refractivity contribution in [3.05, 3.63) is 21.6 Å². The Morgan fingerprint density at radius 2 is 2.36 bits per heavy atom. The summed E-state index contributed by atoms with van der Waals surface area (Å²) in [6.07, 6.45) is 1.10. The van der Waals surface area contributed by atoms with E-state index in [0.717, 1.165) is 0 Å². The molecule has 0 aliphatic heterocycles. The van der Waals surface area contributed by atoms with Gasteiger partial charge in [-0.05, 0) is 16.3 Å². The van der Waals surface area contributed by atoms with Gasteiger partial charge in [-0.2, -0.15) is 0 Å². The standard InChI is InChI=1S/C7H9N3O4/c1-2-3-4-6(10(13)14)9-5(8-4)7(11)12/h2-3H2,1H3,(H,8,9)(H,11,12). The molecule has 0 aromatic carbocycles. The molecule has 0 atom stereocenters. The largest absolute Gasteiger partial charge is 0.474 e. The molecule has 0 unspecified atom stereocenters. The monoisotopic (exact) mass is 199 g/mol. The van der Waals surface area contributed by atoms with Gasteiger partial charge in [-0.25, -0.2) is 4.79 Å². The molecule has 0 fully saturated rings. The van der Waals surface area contributed by atoms with Gasteiger partial charge in [-0.1, -0.05) is 13.3 Å². The van der Waals surface area contributed by atoms with Gasteiger partial charge >= 0.3 is 17.6 Å². The quantitative estimate of drug-likeness (QED) is 0.554. The van der Waals surface area contributed by atoms with Crippen molar-refractivity contribution in [1.29, 1.82) is 0 Å². The second kappa shape index (κ2) is 3.86. The van der Waals surface area contributed by atoms with Crippen LogP contribution in [0, 0.1) is 10.1 Å². The molecule has 14 heavy (non-hydrogen) atoms. The normalized spacial score (nSPS) is 10.1. The van der Waals surface area contributed by atoms with Gasteiger partial charge in [-0.15, -0.1) is 0 Å². The third kappa shape index (κ3) is 1.87. The van der Waals surface area contributed by atoms with Crippen molar-refractivity contribution < 1.29 is 14.8 Å². The number of carboxylic acids is 1. The van der Waals surface area contributed by atoms with Gasteiger partial charge in [0, 0.05) is 0 Å². The number of imidazole rings is 1. The molecule has 7 nitrogen and oxygen atoms in total. The van der Waals surface area contributed by atoms with E-state index in [2.05, 4.69) is 9.97 Å². The Bertz CT molecular complexity index is 371. The molecule has 0 aliphatic rings. The number of nitrogens with zero attached hydrogens (tertiary/aromatic N) is 2. The summed E-state index contributed by atoms with van der Waals surface area (Å²) < 4.78 is 0. The highest BCUT2D eigenvalue weighted by molar-refractivity contribution is 5.83. The number of H-pyrrole nitrogens is 1. The summed E-state index contributed by atoms with van der Waals surface area (Å²) in [5.41, 5.74) is 0.259. The Morgan fingerprint density at radius 3 is 2.79 bits per heavy atom. The fourth-order valence-electron chi connectivity index (χ4n) is 1.08. The number of carboxylic acid groups (broad SMARTS) is 1. The van der Waals surface area contributed by atoms with Crippen LogP contribution >= 0.6 is 0 Å². The lowest BCUT2D eigenvalue weighted by atomic mass is 10.2. The first kappa shape index (κ1) is 10.2. The maximum absolute atomic E-state index is 10.5. The lowest BCUT2D eigenvalue weighted by molar-refractivity contribution is -0.390. The molecule has 1 heterocycles. The van der Waals surface area contributed by atoms with Gasteiger partial charge in [-0.3, -0.25) is 0 Å². The molecule has 1 aromatic heterocycles. The van der Waals surface area contributed by atoms with E-state index in [1.54, 1.807) is 0 Å². The Kier molecular flexibility index (Phi) is 2.80. The van der Waals surface area contributed by atoms with Gasteiger partial charge in [0.15, 0.2) is 0 Å². The summed E-state index contributed by atoms with van der Waals surface area (Å²) in [5.74, 6) is -2.08. The van der Waals surface area contributed by atoms with E-state index >= 15 is 0 Å². The summed E-state index contributed by atoms with van der Waals surface area (Å²) in [4.78, 5) is 26.0. The summed E-state index contributed by atoms with van der Waals surface area (Å²) in [7, 11) is 0. The topological polar surface area (TPSA) is 109 Å². The molecule has 1 rings (SSSR count). The van der Waals surface area contributed by atoms with E-state index < -0.39 is 16.7 Å². The van der Waals surface area contributed by atoms with Crippen molar-refractivity contribution in [2.75, 3.05) is 0 Å². The first-order valence-corrected chi connectivity index (χ1v) is 4.02. The molecule has 0 spiro atoms. The minimum atomic E-state index is -1.30. The second-order valence-corrected chi connectivity index (χ2v) is 2.70. The van der Waals surface area contributed by atoms with Crippen molar-refractivity contribution in [1.82, 2.24) is 9.97 Å². The smallest absolute Gasteiger partial charge is 0.398 e. The van der Waals surface area contributed by atoms with E-state index in [0.29, 0.717) is 12.8 Å². The van der Waals surface area contributed by atoms with Crippen molar-refractivity contribution >= 4 is 11.8 Å². The van der Waals surface area contributed by atoms with Gasteiger partial charge in [0.05, 0.1) is 0 Å². The molecule has 7 heteroatoms. The Balaban J connectivity index is 3.12. The zero-order valence-corrected chi connectivity index (χ0v) is 7.48.